The molecule has 7 rings (SSSR count). The monoisotopic (exact) mass is 508 g/mol. The molecule has 8 nitrogen and oxygen atoms in total. The highest BCUT2D eigenvalue weighted by atomic mass is 16.5. The molecule has 2 fully saturated rings. The quantitative estimate of drug-likeness (QED) is 0.397. The van der Waals surface area contributed by atoms with Crippen molar-refractivity contribution < 1.29 is 28.5 Å². The van der Waals surface area contributed by atoms with Crippen molar-refractivity contribution >= 4 is 17.2 Å². The number of carbonyl (C=O) groups excluding carboxylic acids is 1. The molecule has 0 N–H and O–H groups in total. The molecule has 2 aromatic carbocycles. The van der Waals surface area contributed by atoms with Crippen LogP contribution in [0.1, 0.15) is 35.7 Å². The minimum Gasteiger partial charge on any atom is -0.487 e. The maximum Gasteiger partial charge on any atom is 0.228 e. The van der Waals surface area contributed by atoms with Crippen LogP contribution < -0.4 is 23.2 Å². The fourth-order valence-electron chi connectivity index (χ4n) is 6.98. The Bertz CT molecular complexity index is 1250. The van der Waals surface area contributed by atoms with Gasteiger partial charge in [0, 0.05) is 5.56 Å². The summed E-state index contributed by atoms with van der Waals surface area (Å²) in [6.07, 6.45) is 1.99. The molecule has 0 unspecified atom stereocenters. The highest BCUT2D eigenvalue weighted by molar-refractivity contribution is 6.27. The Balaban J connectivity index is 1.55. The average molecular weight is 509 g/mol. The van der Waals surface area contributed by atoms with E-state index in [1.54, 1.807) is 0 Å². The third-order valence-corrected chi connectivity index (χ3v) is 9.02. The van der Waals surface area contributed by atoms with Gasteiger partial charge in [-0.2, -0.15) is 0 Å². The van der Waals surface area contributed by atoms with Gasteiger partial charge in [-0.25, -0.2) is 0 Å². The molecule has 8 heteroatoms. The topological polar surface area (TPSA) is 63.2 Å². The molecule has 37 heavy (non-hydrogen) atoms. The first-order valence-electron chi connectivity index (χ1n) is 13.9. The van der Waals surface area contributed by atoms with E-state index in [-0.39, 0.29) is 5.78 Å². The van der Waals surface area contributed by atoms with Gasteiger partial charge in [-0.15, -0.1) is 0 Å². The summed E-state index contributed by atoms with van der Waals surface area (Å²) in [5.74, 6) is 2.15. The van der Waals surface area contributed by atoms with Crippen LogP contribution in [0.25, 0.3) is 11.1 Å². The maximum absolute atomic E-state index is 14.1. The molecule has 0 atom stereocenters. The van der Waals surface area contributed by atoms with Crippen molar-refractivity contribution in [3.63, 3.8) is 0 Å². The van der Waals surface area contributed by atoms with Crippen molar-refractivity contribution in [2.24, 2.45) is 0 Å². The third kappa shape index (κ3) is 3.39. The SMILES string of the molecule is CCCCOc1c2c3c(c4c1[N+]1(CCOCC1)CCO4)OCC[N+]1(CCOCC1)c1cccc(c1-2)C3=O. The number of fused-ring (bicyclic) bond motifs is 4. The van der Waals surface area contributed by atoms with Crippen LogP contribution in [0.2, 0.25) is 0 Å². The van der Waals surface area contributed by atoms with Crippen molar-refractivity contribution in [3.8, 4) is 28.4 Å². The van der Waals surface area contributed by atoms with E-state index < -0.39 is 0 Å². The van der Waals surface area contributed by atoms with Crippen LogP contribution in [-0.4, -0.2) is 91.3 Å². The molecule has 4 heterocycles. The van der Waals surface area contributed by atoms with E-state index in [0.717, 1.165) is 89.2 Å². The van der Waals surface area contributed by atoms with E-state index in [9.17, 15) is 4.79 Å². The lowest BCUT2D eigenvalue weighted by molar-refractivity contribution is 0.0242. The van der Waals surface area contributed by atoms with Gasteiger partial charge in [-0.3, -0.25) is 13.8 Å². The molecule has 2 saturated heterocycles. The molecule has 0 aromatic heterocycles. The Labute approximate surface area is 217 Å². The van der Waals surface area contributed by atoms with Gasteiger partial charge in [0.05, 0.1) is 49.7 Å². The minimum atomic E-state index is 0.0148. The minimum absolute atomic E-state index is 0.0148. The standard InChI is InChI=1S/C29H36N2O6/c1-2-3-13-35-27-23-22-20-5-4-6-21(22)30(7-14-33-15-8-30)11-18-36-28(24(23)26(20)32)29-25(27)31(12-19-37-29)9-16-34-17-10-31/h4-6H,2-3,7-19H2,1H3/q+2. The molecule has 4 aliphatic heterocycles. The van der Waals surface area contributed by atoms with Crippen LogP contribution in [0.15, 0.2) is 18.2 Å². The van der Waals surface area contributed by atoms with E-state index >= 15 is 0 Å². The predicted molar refractivity (Wildman–Crippen MR) is 141 cm³/mol. The molecule has 5 aliphatic rings. The van der Waals surface area contributed by atoms with Crippen molar-refractivity contribution in [1.82, 2.24) is 8.97 Å². The van der Waals surface area contributed by atoms with Gasteiger partial charge in [-0.1, -0.05) is 19.4 Å². The zero-order valence-corrected chi connectivity index (χ0v) is 21.7. The van der Waals surface area contributed by atoms with E-state index in [4.69, 9.17) is 23.7 Å². The lowest BCUT2D eigenvalue weighted by Gasteiger charge is -2.44. The molecule has 2 aromatic rings. The first kappa shape index (κ1) is 23.5. The van der Waals surface area contributed by atoms with Crippen LogP contribution in [0.5, 0.6) is 17.2 Å². The smallest absolute Gasteiger partial charge is 0.228 e. The number of quaternary nitrogens is 2. The Morgan fingerprint density at radius 1 is 0.784 bits per heavy atom. The highest BCUT2D eigenvalue weighted by Gasteiger charge is 2.51. The second-order valence-electron chi connectivity index (χ2n) is 10.9. The predicted octanol–water partition coefficient (Wildman–Crippen LogP) is 3.54. The first-order valence-corrected chi connectivity index (χ1v) is 13.9. The normalized spacial score (nSPS) is 22.5. The zero-order valence-electron chi connectivity index (χ0n) is 21.7. The van der Waals surface area contributed by atoms with Gasteiger partial charge < -0.3 is 23.7 Å². The highest BCUT2D eigenvalue weighted by Crippen LogP contribution is 2.62. The van der Waals surface area contributed by atoms with Gasteiger partial charge in [0.25, 0.3) is 0 Å². The van der Waals surface area contributed by atoms with E-state index in [0.29, 0.717) is 63.3 Å². The Morgan fingerprint density at radius 2 is 1.43 bits per heavy atom. The summed E-state index contributed by atoms with van der Waals surface area (Å²) in [5.41, 5.74) is 5.55. The summed E-state index contributed by atoms with van der Waals surface area (Å²) < 4.78 is 32.9. The van der Waals surface area contributed by atoms with Crippen LogP contribution in [0.3, 0.4) is 0 Å². The fraction of sp³-hybridized carbons (Fsp3) is 0.552. The molecule has 4 bridgehead atoms. The number of nitrogens with zero attached hydrogens (tertiary/aromatic N) is 2. The molecule has 2 spiro atoms. The number of morpholine rings is 2. The number of ketones is 1. The third-order valence-electron chi connectivity index (χ3n) is 9.02. The van der Waals surface area contributed by atoms with Crippen LogP contribution in [0, 0.1) is 0 Å². The number of carbonyl (C=O) groups is 1. The van der Waals surface area contributed by atoms with Gasteiger partial charge in [-0.05, 0) is 18.6 Å². The average Bonchev–Trinajstić information content (AvgIpc) is 3.24. The van der Waals surface area contributed by atoms with E-state index in [2.05, 4.69) is 13.0 Å². The lowest BCUT2D eigenvalue weighted by Crippen LogP contribution is -2.60. The Kier molecular flexibility index (Phi) is 5.69. The summed E-state index contributed by atoms with van der Waals surface area (Å²) in [7, 11) is 0. The van der Waals surface area contributed by atoms with Crippen molar-refractivity contribution in [2.45, 2.75) is 19.8 Å². The lowest BCUT2D eigenvalue weighted by atomic mass is 9.96. The second-order valence-corrected chi connectivity index (χ2v) is 10.9. The summed E-state index contributed by atoms with van der Waals surface area (Å²) >= 11 is 0. The van der Waals surface area contributed by atoms with Crippen molar-refractivity contribution in [3.05, 3.63) is 29.3 Å². The second kappa shape index (κ2) is 8.98. The summed E-state index contributed by atoms with van der Waals surface area (Å²) in [6, 6.07) is 6.22. The maximum atomic E-state index is 14.1. The molecular formula is C29H36N2O6+2. The van der Waals surface area contributed by atoms with E-state index in [1.165, 1.54) is 5.69 Å². The first-order chi connectivity index (χ1) is 18.2. The number of hydrogen-bond donors (Lipinski definition) is 0. The largest absolute Gasteiger partial charge is 0.487 e. The van der Waals surface area contributed by atoms with Gasteiger partial charge in [0.2, 0.25) is 11.4 Å². The number of rotatable bonds is 4. The molecular weight excluding hydrogens is 472 g/mol. The van der Waals surface area contributed by atoms with Crippen LogP contribution in [0.4, 0.5) is 11.4 Å². The van der Waals surface area contributed by atoms with Gasteiger partial charge in [0.1, 0.15) is 58.2 Å². The number of hydrogen-bond acceptors (Lipinski definition) is 6. The van der Waals surface area contributed by atoms with Gasteiger partial charge >= 0.3 is 0 Å². The van der Waals surface area contributed by atoms with E-state index in [1.807, 2.05) is 12.1 Å². The summed E-state index contributed by atoms with van der Waals surface area (Å²) in [6.45, 7) is 11.8. The molecule has 0 radical (unpaired) electrons. The Morgan fingerprint density at radius 3 is 2.16 bits per heavy atom. The summed E-state index contributed by atoms with van der Waals surface area (Å²) in [4.78, 5) is 14.1. The molecule has 1 aliphatic carbocycles. The molecule has 0 saturated carbocycles. The van der Waals surface area contributed by atoms with Crippen molar-refractivity contribution in [2.75, 3.05) is 85.5 Å². The summed E-state index contributed by atoms with van der Waals surface area (Å²) in [5, 5.41) is 0. The number of ether oxygens (including phenoxy) is 5. The number of benzene rings is 2. The fourth-order valence-corrected chi connectivity index (χ4v) is 6.98. The zero-order chi connectivity index (χ0) is 25.0. The van der Waals surface area contributed by atoms with Crippen LogP contribution in [-0.2, 0) is 9.47 Å². The van der Waals surface area contributed by atoms with Crippen LogP contribution >= 0.6 is 0 Å². The molecule has 196 valence electrons. The van der Waals surface area contributed by atoms with Gasteiger partial charge in [0.15, 0.2) is 17.3 Å². The number of unbranched alkanes of at least 4 members (excludes halogenated alkanes) is 1. The van der Waals surface area contributed by atoms with Crippen molar-refractivity contribution in [1.29, 1.82) is 0 Å². The molecule has 0 amide bonds. The Hall–Kier alpha value is -2.65.